The predicted molar refractivity (Wildman–Crippen MR) is 57.1 cm³/mol. The lowest BCUT2D eigenvalue weighted by molar-refractivity contribution is -0.139. The second-order valence-electron chi connectivity index (χ2n) is 3.32. The maximum atomic E-state index is 11.0. The zero-order valence-electron chi connectivity index (χ0n) is 9.06. The van der Waals surface area contributed by atoms with Crippen molar-refractivity contribution in [1.29, 1.82) is 0 Å². The molecule has 0 aliphatic carbocycles. The van der Waals surface area contributed by atoms with Crippen molar-refractivity contribution in [3.8, 4) is 0 Å². The molecule has 1 unspecified atom stereocenters. The highest BCUT2D eigenvalue weighted by Gasteiger charge is 2.22. The number of aryl methyl sites for hydroxylation is 1. The Morgan fingerprint density at radius 2 is 2.12 bits per heavy atom. The summed E-state index contributed by atoms with van der Waals surface area (Å²) in [5.74, 6) is -1.13. The van der Waals surface area contributed by atoms with Crippen LogP contribution in [0.15, 0.2) is 24.3 Å². The summed E-state index contributed by atoms with van der Waals surface area (Å²) in [4.78, 5) is 22.0. The minimum absolute atomic E-state index is 0.512. The van der Waals surface area contributed by atoms with Crippen LogP contribution in [-0.4, -0.2) is 24.3 Å². The number of amides is 1. The summed E-state index contributed by atoms with van der Waals surface area (Å²) in [6.45, 7) is 1.85. The van der Waals surface area contributed by atoms with Crippen molar-refractivity contribution in [2.45, 2.75) is 13.0 Å². The third-order valence-corrected chi connectivity index (χ3v) is 2.07. The van der Waals surface area contributed by atoms with Gasteiger partial charge in [-0.15, -0.1) is 0 Å². The molecule has 0 radical (unpaired) electrons. The molecule has 5 heteroatoms. The third-order valence-electron chi connectivity index (χ3n) is 2.07. The van der Waals surface area contributed by atoms with Gasteiger partial charge in [0.1, 0.15) is 0 Å². The Morgan fingerprint density at radius 1 is 1.44 bits per heavy atom. The molecule has 1 amide bonds. The molecule has 0 heterocycles. The van der Waals surface area contributed by atoms with Crippen molar-refractivity contribution in [3.63, 3.8) is 0 Å². The summed E-state index contributed by atoms with van der Waals surface area (Å²) >= 11 is 0. The van der Waals surface area contributed by atoms with Crippen LogP contribution in [0, 0.1) is 6.92 Å². The topological polar surface area (TPSA) is 75.6 Å². The largest absolute Gasteiger partial charge is 0.479 e. The fourth-order valence-corrected chi connectivity index (χ4v) is 1.31. The average molecular weight is 223 g/mol. The number of aliphatic carboxylic acids is 1. The van der Waals surface area contributed by atoms with E-state index in [0.29, 0.717) is 5.56 Å². The van der Waals surface area contributed by atoms with Crippen LogP contribution in [0.1, 0.15) is 17.2 Å². The standard InChI is InChI=1S/C11H13NO4/c1-7-4-3-5-8(6-7)9(10(13)14)12-11(15)16-2/h3-6,9H,1-2H3,(H,12,15)(H,13,14). The number of nitrogens with one attached hydrogen (secondary N) is 1. The fourth-order valence-electron chi connectivity index (χ4n) is 1.31. The predicted octanol–water partition coefficient (Wildman–Crippen LogP) is 1.48. The van der Waals surface area contributed by atoms with Crippen LogP contribution in [-0.2, 0) is 9.53 Å². The van der Waals surface area contributed by atoms with Gasteiger partial charge in [0.2, 0.25) is 0 Å². The number of carboxylic acid groups (broad SMARTS) is 1. The molecule has 0 aliphatic rings. The van der Waals surface area contributed by atoms with Gasteiger partial charge in [-0.3, -0.25) is 0 Å². The van der Waals surface area contributed by atoms with Gasteiger partial charge in [-0.25, -0.2) is 9.59 Å². The molecule has 1 rings (SSSR count). The van der Waals surface area contributed by atoms with E-state index < -0.39 is 18.1 Å². The van der Waals surface area contributed by atoms with Gasteiger partial charge in [-0.1, -0.05) is 29.8 Å². The van der Waals surface area contributed by atoms with E-state index in [1.54, 1.807) is 18.2 Å². The van der Waals surface area contributed by atoms with Crippen molar-refractivity contribution in [1.82, 2.24) is 5.32 Å². The molecule has 0 aliphatic heterocycles. The van der Waals surface area contributed by atoms with Crippen molar-refractivity contribution < 1.29 is 19.4 Å². The molecule has 5 nitrogen and oxygen atoms in total. The van der Waals surface area contributed by atoms with Crippen LogP contribution in [0.3, 0.4) is 0 Å². The molecule has 1 aromatic carbocycles. The quantitative estimate of drug-likeness (QED) is 0.813. The Bertz CT molecular complexity index is 403. The van der Waals surface area contributed by atoms with Gasteiger partial charge in [0.15, 0.2) is 6.04 Å². The van der Waals surface area contributed by atoms with E-state index in [2.05, 4.69) is 10.1 Å². The highest BCUT2D eigenvalue weighted by Crippen LogP contribution is 2.14. The minimum atomic E-state index is -1.13. The van der Waals surface area contributed by atoms with Crippen LogP contribution >= 0.6 is 0 Å². The Hall–Kier alpha value is -2.04. The fraction of sp³-hybridized carbons (Fsp3) is 0.273. The highest BCUT2D eigenvalue weighted by molar-refractivity contribution is 5.81. The summed E-state index contributed by atoms with van der Waals surface area (Å²) in [7, 11) is 1.19. The molecule has 0 saturated heterocycles. The number of benzene rings is 1. The first kappa shape index (κ1) is 12.0. The van der Waals surface area contributed by atoms with E-state index in [9.17, 15) is 9.59 Å². The third kappa shape index (κ3) is 2.98. The number of carbonyl (C=O) groups excluding carboxylic acids is 1. The number of carboxylic acids is 1. The van der Waals surface area contributed by atoms with Gasteiger partial charge in [0.05, 0.1) is 7.11 Å². The lowest BCUT2D eigenvalue weighted by atomic mass is 10.0. The molecular formula is C11H13NO4. The number of alkyl carbamates (subject to hydrolysis) is 1. The van der Waals surface area contributed by atoms with Crippen LogP contribution in [0.25, 0.3) is 0 Å². The van der Waals surface area contributed by atoms with Crippen molar-refractivity contribution in [2.24, 2.45) is 0 Å². The Balaban J connectivity index is 2.94. The molecular weight excluding hydrogens is 210 g/mol. The number of methoxy groups -OCH3 is 1. The molecule has 1 atom stereocenters. The first-order valence-electron chi connectivity index (χ1n) is 4.68. The van der Waals surface area contributed by atoms with Gasteiger partial charge in [0, 0.05) is 0 Å². The van der Waals surface area contributed by atoms with Gasteiger partial charge in [0.25, 0.3) is 0 Å². The smallest absolute Gasteiger partial charge is 0.407 e. The molecule has 2 N–H and O–H groups in total. The molecule has 86 valence electrons. The van der Waals surface area contributed by atoms with Gasteiger partial charge < -0.3 is 15.2 Å². The summed E-state index contributed by atoms with van der Waals surface area (Å²) in [6, 6.07) is 5.84. The van der Waals surface area contributed by atoms with E-state index in [-0.39, 0.29) is 0 Å². The van der Waals surface area contributed by atoms with Crippen LogP contribution in [0.4, 0.5) is 4.79 Å². The summed E-state index contributed by atoms with van der Waals surface area (Å²) < 4.78 is 4.37. The zero-order valence-corrected chi connectivity index (χ0v) is 9.06. The highest BCUT2D eigenvalue weighted by atomic mass is 16.5. The maximum Gasteiger partial charge on any atom is 0.407 e. The summed E-state index contributed by atoms with van der Waals surface area (Å²) in [5.41, 5.74) is 1.44. The first-order chi connectivity index (χ1) is 7.54. The van der Waals surface area contributed by atoms with Crippen molar-refractivity contribution in [2.75, 3.05) is 7.11 Å². The van der Waals surface area contributed by atoms with Crippen LogP contribution in [0.2, 0.25) is 0 Å². The Morgan fingerprint density at radius 3 is 2.62 bits per heavy atom. The lowest BCUT2D eigenvalue weighted by Crippen LogP contribution is -2.33. The second-order valence-corrected chi connectivity index (χ2v) is 3.32. The van der Waals surface area contributed by atoms with E-state index in [4.69, 9.17) is 5.11 Å². The van der Waals surface area contributed by atoms with Crippen molar-refractivity contribution in [3.05, 3.63) is 35.4 Å². The number of carbonyl (C=O) groups is 2. The van der Waals surface area contributed by atoms with E-state index in [1.165, 1.54) is 7.11 Å². The number of rotatable bonds is 3. The maximum absolute atomic E-state index is 11.0. The molecule has 0 aromatic heterocycles. The molecule has 0 saturated carbocycles. The average Bonchev–Trinajstić information content (AvgIpc) is 2.25. The molecule has 0 spiro atoms. The van der Waals surface area contributed by atoms with Gasteiger partial charge >= 0.3 is 12.1 Å². The normalized spacial score (nSPS) is 11.6. The van der Waals surface area contributed by atoms with Gasteiger partial charge in [-0.2, -0.15) is 0 Å². The SMILES string of the molecule is COC(=O)NC(C(=O)O)c1cccc(C)c1. The van der Waals surface area contributed by atoms with Gasteiger partial charge in [-0.05, 0) is 12.5 Å². The number of ether oxygens (including phenoxy) is 1. The molecule has 1 aromatic rings. The Labute approximate surface area is 93.0 Å². The molecule has 16 heavy (non-hydrogen) atoms. The number of hydrogen-bond donors (Lipinski definition) is 2. The summed E-state index contributed by atoms with van der Waals surface area (Å²) in [6.07, 6.45) is -0.770. The van der Waals surface area contributed by atoms with Crippen LogP contribution in [0.5, 0.6) is 0 Å². The first-order valence-corrected chi connectivity index (χ1v) is 4.68. The van der Waals surface area contributed by atoms with Crippen LogP contribution < -0.4 is 5.32 Å². The number of hydrogen-bond acceptors (Lipinski definition) is 3. The summed E-state index contributed by atoms with van der Waals surface area (Å²) in [5, 5.41) is 11.2. The Kier molecular flexibility index (Phi) is 3.88. The second kappa shape index (κ2) is 5.16. The molecule has 0 bridgehead atoms. The van der Waals surface area contributed by atoms with E-state index in [0.717, 1.165) is 5.56 Å². The lowest BCUT2D eigenvalue weighted by Gasteiger charge is -2.14. The monoisotopic (exact) mass is 223 g/mol. The van der Waals surface area contributed by atoms with E-state index in [1.807, 2.05) is 13.0 Å². The van der Waals surface area contributed by atoms with Crippen molar-refractivity contribution >= 4 is 12.1 Å². The van der Waals surface area contributed by atoms with E-state index >= 15 is 0 Å². The molecule has 0 fully saturated rings. The minimum Gasteiger partial charge on any atom is -0.479 e. The zero-order chi connectivity index (χ0) is 12.1.